The topological polar surface area (TPSA) is 106 Å². The first-order valence-corrected chi connectivity index (χ1v) is 7.49. The third kappa shape index (κ3) is 3.42. The predicted octanol–water partition coefficient (Wildman–Crippen LogP) is 2.06. The number of imide groups is 1. The van der Waals surface area contributed by atoms with Crippen molar-refractivity contribution in [3.05, 3.63) is 53.5 Å². The van der Waals surface area contributed by atoms with E-state index >= 15 is 0 Å². The molecule has 1 saturated heterocycles. The number of rotatable bonds is 4. The molecule has 0 aliphatic carbocycles. The smallest absolute Gasteiger partial charge is 0.363 e. The molecule has 25 heavy (non-hydrogen) atoms. The Kier molecular flexibility index (Phi) is 4.34. The molecule has 0 bridgehead atoms. The highest BCUT2D eigenvalue weighted by Gasteiger charge is 2.33. The number of aryl methyl sites for hydroxylation is 1. The predicted molar refractivity (Wildman–Crippen MR) is 84.3 cm³/mol. The van der Waals surface area contributed by atoms with Crippen LogP contribution in [0, 0.1) is 6.92 Å². The van der Waals surface area contributed by atoms with Crippen molar-refractivity contribution < 1.29 is 28.4 Å². The largest absolute Gasteiger partial charge is 0.459 e. The van der Waals surface area contributed by atoms with E-state index in [0.29, 0.717) is 16.3 Å². The van der Waals surface area contributed by atoms with E-state index in [1.165, 1.54) is 30.5 Å². The van der Waals surface area contributed by atoms with Crippen LogP contribution in [0.2, 0.25) is 0 Å². The van der Waals surface area contributed by atoms with Crippen LogP contribution in [0.4, 0.5) is 5.69 Å². The van der Waals surface area contributed by atoms with Crippen LogP contribution in [0.3, 0.4) is 0 Å². The number of hydrogen-bond donors (Lipinski definition) is 1. The van der Waals surface area contributed by atoms with Gasteiger partial charge in [-0.25, -0.2) is 4.79 Å². The SMILES string of the molecule is Cc1ccoc1C(=O)Nc1ccc(C(=O)ON2C(=O)CCC2=O)cc1. The molecule has 8 heteroatoms. The molecule has 0 unspecified atom stereocenters. The van der Waals surface area contributed by atoms with Gasteiger partial charge < -0.3 is 14.6 Å². The number of nitrogens with zero attached hydrogens (tertiary/aromatic N) is 1. The van der Waals surface area contributed by atoms with Crippen molar-refractivity contribution >= 4 is 29.4 Å². The Bertz CT molecular complexity index is 836. The Labute approximate surface area is 142 Å². The Morgan fingerprint density at radius 3 is 2.28 bits per heavy atom. The van der Waals surface area contributed by atoms with E-state index in [9.17, 15) is 19.2 Å². The van der Waals surface area contributed by atoms with Gasteiger partial charge in [-0.05, 0) is 37.3 Å². The summed E-state index contributed by atoms with van der Waals surface area (Å²) in [5.74, 6) is -2.13. The first kappa shape index (κ1) is 16.4. The van der Waals surface area contributed by atoms with E-state index in [-0.39, 0.29) is 24.2 Å². The van der Waals surface area contributed by atoms with Gasteiger partial charge in [0.1, 0.15) is 0 Å². The lowest BCUT2D eigenvalue weighted by Gasteiger charge is -2.12. The van der Waals surface area contributed by atoms with Crippen molar-refractivity contribution in [2.75, 3.05) is 5.32 Å². The van der Waals surface area contributed by atoms with Gasteiger partial charge in [-0.15, -0.1) is 5.06 Å². The minimum Gasteiger partial charge on any atom is -0.459 e. The third-order valence-corrected chi connectivity index (χ3v) is 3.63. The molecule has 0 saturated carbocycles. The number of hydroxylamine groups is 2. The fourth-order valence-electron chi connectivity index (χ4n) is 2.28. The lowest BCUT2D eigenvalue weighted by molar-refractivity contribution is -0.172. The number of carbonyl (C=O) groups is 4. The second-order valence-electron chi connectivity index (χ2n) is 5.42. The molecule has 0 atom stereocenters. The van der Waals surface area contributed by atoms with Gasteiger partial charge in [0, 0.05) is 24.1 Å². The number of amides is 3. The number of hydrogen-bond acceptors (Lipinski definition) is 6. The van der Waals surface area contributed by atoms with Gasteiger partial charge in [0.05, 0.1) is 11.8 Å². The fraction of sp³-hybridized carbons (Fsp3) is 0.176. The summed E-state index contributed by atoms with van der Waals surface area (Å²) < 4.78 is 5.10. The van der Waals surface area contributed by atoms with Crippen molar-refractivity contribution in [2.45, 2.75) is 19.8 Å². The van der Waals surface area contributed by atoms with Crippen LogP contribution in [0.25, 0.3) is 0 Å². The van der Waals surface area contributed by atoms with Crippen LogP contribution in [-0.2, 0) is 14.4 Å². The van der Waals surface area contributed by atoms with Crippen molar-refractivity contribution in [2.24, 2.45) is 0 Å². The van der Waals surface area contributed by atoms with Crippen LogP contribution in [0.5, 0.6) is 0 Å². The zero-order valence-corrected chi connectivity index (χ0v) is 13.3. The second-order valence-corrected chi connectivity index (χ2v) is 5.42. The van der Waals surface area contributed by atoms with Crippen LogP contribution in [0.15, 0.2) is 41.0 Å². The van der Waals surface area contributed by atoms with Crippen molar-refractivity contribution in [1.29, 1.82) is 0 Å². The fourth-order valence-corrected chi connectivity index (χ4v) is 2.28. The average molecular weight is 342 g/mol. The molecule has 3 amide bonds. The van der Waals surface area contributed by atoms with Crippen LogP contribution in [-0.4, -0.2) is 28.8 Å². The summed E-state index contributed by atoms with van der Waals surface area (Å²) in [6.45, 7) is 1.75. The Balaban J connectivity index is 1.65. The molecule has 1 N–H and O–H groups in total. The van der Waals surface area contributed by atoms with Gasteiger partial charge >= 0.3 is 5.97 Å². The molecule has 3 rings (SSSR count). The normalized spacial score (nSPS) is 13.9. The molecule has 1 fully saturated rings. The summed E-state index contributed by atoms with van der Waals surface area (Å²) in [6, 6.07) is 7.51. The van der Waals surface area contributed by atoms with E-state index in [0.717, 1.165) is 0 Å². The minimum absolute atomic E-state index is 0.0310. The Morgan fingerprint density at radius 2 is 1.72 bits per heavy atom. The monoisotopic (exact) mass is 342 g/mol. The van der Waals surface area contributed by atoms with Crippen molar-refractivity contribution in [3.8, 4) is 0 Å². The van der Waals surface area contributed by atoms with Crippen LogP contribution >= 0.6 is 0 Å². The van der Waals surface area contributed by atoms with E-state index in [4.69, 9.17) is 9.25 Å². The van der Waals surface area contributed by atoms with E-state index in [2.05, 4.69) is 5.32 Å². The van der Waals surface area contributed by atoms with Gasteiger partial charge in [-0.2, -0.15) is 0 Å². The molecule has 0 spiro atoms. The molecule has 1 aliphatic heterocycles. The van der Waals surface area contributed by atoms with Gasteiger partial charge in [0.15, 0.2) is 5.76 Å². The second kappa shape index (κ2) is 6.60. The van der Waals surface area contributed by atoms with E-state index < -0.39 is 23.7 Å². The number of anilines is 1. The molecule has 2 aromatic rings. The molecule has 8 nitrogen and oxygen atoms in total. The maximum absolute atomic E-state index is 12.0. The summed E-state index contributed by atoms with van der Waals surface area (Å²) in [6.07, 6.45) is 1.48. The summed E-state index contributed by atoms with van der Waals surface area (Å²) in [4.78, 5) is 51.7. The average Bonchev–Trinajstić information content (AvgIpc) is 3.16. The molecule has 1 aliphatic rings. The third-order valence-electron chi connectivity index (χ3n) is 3.63. The highest BCUT2D eigenvalue weighted by atomic mass is 16.7. The number of nitrogens with one attached hydrogen (secondary N) is 1. The maximum Gasteiger partial charge on any atom is 0.363 e. The van der Waals surface area contributed by atoms with Crippen LogP contribution < -0.4 is 5.32 Å². The number of carbonyl (C=O) groups excluding carboxylic acids is 4. The lowest BCUT2D eigenvalue weighted by Crippen LogP contribution is -2.32. The summed E-state index contributed by atoms with van der Waals surface area (Å²) in [5, 5.41) is 3.12. The number of benzene rings is 1. The highest BCUT2D eigenvalue weighted by Crippen LogP contribution is 2.17. The molecule has 128 valence electrons. The summed E-state index contributed by atoms with van der Waals surface area (Å²) in [5.41, 5.74) is 1.29. The molecule has 1 aromatic carbocycles. The molecular weight excluding hydrogens is 328 g/mol. The standard InChI is InChI=1S/C17H14N2O6/c1-10-8-9-24-15(10)16(22)18-12-4-2-11(3-5-12)17(23)25-19-13(20)6-7-14(19)21/h2-5,8-9H,6-7H2,1H3,(H,18,22). The van der Waals surface area contributed by atoms with E-state index in [1.54, 1.807) is 13.0 Å². The molecule has 2 heterocycles. The quantitative estimate of drug-likeness (QED) is 0.853. The first-order valence-electron chi connectivity index (χ1n) is 7.49. The van der Waals surface area contributed by atoms with Gasteiger partial charge in [-0.3, -0.25) is 14.4 Å². The number of furan rings is 1. The van der Waals surface area contributed by atoms with Gasteiger partial charge in [0.2, 0.25) is 0 Å². The first-order chi connectivity index (χ1) is 12.0. The zero-order chi connectivity index (χ0) is 18.0. The van der Waals surface area contributed by atoms with E-state index in [1.807, 2.05) is 0 Å². The summed E-state index contributed by atoms with van der Waals surface area (Å²) in [7, 11) is 0. The highest BCUT2D eigenvalue weighted by molar-refractivity contribution is 6.04. The van der Waals surface area contributed by atoms with Crippen molar-refractivity contribution in [3.63, 3.8) is 0 Å². The van der Waals surface area contributed by atoms with Gasteiger partial charge in [0.25, 0.3) is 17.7 Å². The summed E-state index contributed by atoms with van der Waals surface area (Å²) >= 11 is 0. The Morgan fingerprint density at radius 1 is 1.08 bits per heavy atom. The van der Waals surface area contributed by atoms with Crippen molar-refractivity contribution in [1.82, 2.24) is 5.06 Å². The molecule has 0 radical (unpaired) electrons. The zero-order valence-electron chi connectivity index (χ0n) is 13.3. The van der Waals surface area contributed by atoms with Crippen LogP contribution in [0.1, 0.15) is 39.3 Å². The Hall–Kier alpha value is -3.42. The lowest BCUT2D eigenvalue weighted by atomic mass is 10.2. The molecular formula is C17H14N2O6. The maximum atomic E-state index is 12.0. The minimum atomic E-state index is -0.830. The molecule has 1 aromatic heterocycles. The van der Waals surface area contributed by atoms with Gasteiger partial charge in [-0.1, -0.05) is 0 Å².